The van der Waals surface area contributed by atoms with Gasteiger partial charge in [0.1, 0.15) is 5.75 Å². The van der Waals surface area contributed by atoms with E-state index in [-0.39, 0.29) is 25.2 Å². The van der Waals surface area contributed by atoms with Crippen LogP contribution < -0.4 is 10.1 Å². The fourth-order valence-electron chi connectivity index (χ4n) is 2.89. The Bertz CT molecular complexity index is 561. The van der Waals surface area contributed by atoms with E-state index in [4.69, 9.17) is 9.47 Å². The van der Waals surface area contributed by atoms with Gasteiger partial charge in [-0.05, 0) is 42.5 Å². The number of halogens is 1. The van der Waals surface area contributed by atoms with Crippen molar-refractivity contribution < 1.29 is 19.1 Å². The summed E-state index contributed by atoms with van der Waals surface area (Å²) < 4.78 is 11.2. The highest BCUT2D eigenvalue weighted by Crippen LogP contribution is 2.29. The van der Waals surface area contributed by atoms with E-state index in [0.29, 0.717) is 17.6 Å². The van der Waals surface area contributed by atoms with Gasteiger partial charge in [0.15, 0.2) is 13.2 Å². The molecule has 0 bridgehead atoms. The quantitative estimate of drug-likeness (QED) is 0.747. The van der Waals surface area contributed by atoms with Crippen molar-refractivity contribution in [2.45, 2.75) is 39.2 Å². The van der Waals surface area contributed by atoms with E-state index >= 15 is 0 Å². The van der Waals surface area contributed by atoms with Crippen molar-refractivity contribution in [3.8, 4) is 5.75 Å². The van der Waals surface area contributed by atoms with E-state index < -0.39 is 5.97 Å². The highest BCUT2D eigenvalue weighted by molar-refractivity contribution is 9.10. The molecule has 1 amide bonds. The smallest absolute Gasteiger partial charge is 0.344 e. The number of nitrogens with one attached hydrogen (secondary N) is 1. The van der Waals surface area contributed by atoms with Crippen molar-refractivity contribution in [3.63, 3.8) is 0 Å². The number of ether oxygens (including phenoxy) is 2. The number of hydrogen-bond donors (Lipinski definition) is 1. The van der Waals surface area contributed by atoms with Gasteiger partial charge in [-0.1, -0.05) is 42.6 Å². The lowest BCUT2D eigenvalue weighted by atomic mass is 9.78. The van der Waals surface area contributed by atoms with E-state index in [1.54, 1.807) is 12.1 Å². The molecule has 1 aromatic rings. The van der Waals surface area contributed by atoms with Gasteiger partial charge in [0.25, 0.3) is 5.91 Å². The van der Waals surface area contributed by atoms with Gasteiger partial charge in [0.05, 0.1) is 0 Å². The number of carbonyl (C=O) groups is 2. The van der Waals surface area contributed by atoms with Crippen LogP contribution in [0.25, 0.3) is 0 Å². The molecule has 5 nitrogen and oxygen atoms in total. The number of benzene rings is 1. The maximum absolute atomic E-state index is 11.9. The first-order valence-corrected chi connectivity index (χ1v) is 9.08. The molecule has 3 atom stereocenters. The number of hydrogen-bond acceptors (Lipinski definition) is 4. The van der Waals surface area contributed by atoms with Gasteiger partial charge in [-0.2, -0.15) is 0 Å². The van der Waals surface area contributed by atoms with Crippen LogP contribution in [0.1, 0.15) is 33.1 Å². The second-order valence-corrected chi connectivity index (χ2v) is 7.26. The minimum Gasteiger partial charge on any atom is -0.482 e. The lowest BCUT2D eigenvalue weighted by Gasteiger charge is -2.34. The lowest BCUT2D eigenvalue weighted by Crippen LogP contribution is -2.45. The molecular weight excluding hydrogens is 374 g/mol. The minimum absolute atomic E-state index is 0.166. The molecule has 6 heteroatoms. The van der Waals surface area contributed by atoms with E-state index in [1.165, 1.54) is 6.42 Å². The number of amides is 1. The van der Waals surface area contributed by atoms with E-state index in [9.17, 15) is 9.59 Å². The Kier molecular flexibility index (Phi) is 7.09. The van der Waals surface area contributed by atoms with Crippen LogP contribution in [0.4, 0.5) is 0 Å². The Labute approximate surface area is 151 Å². The number of rotatable bonds is 6. The zero-order chi connectivity index (χ0) is 17.5. The molecule has 0 unspecified atom stereocenters. The summed E-state index contributed by atoms with van der Waals surface area (Å²) in [4.78, 5) is 23.6. The Morgan fingerprint density at radius 3 is 2.58 bits per heavy atom. The predicted molar refractivity (Wildman–Crippen MR) is 94.7 cm³/mol. The number of esters is 1. The van der Waals surface area contributed by atoms with Crippen LogP contribution in [0.5, 0.6) is 5.75 Å². The predicted octanol–water partition coefficient (Wildman–Crippen LogP) is 3.31. The van der Waals surface area contributed by atoms with Crippen molar-refractivity contribution in [1.82, 2.24) is 5.32 Å². The molecule has 2 rings (SSSR count). The van der Waals surface area contributed by atoms with Crippen LogP contribution >= 0.6 is 15.9 Å². The first-order valence-electron chi connectivity index (χ1n) is 8.29. The molecule has 1 aliphatic carbocycles. The molecule has 0 heterocycles. The largest absolute Gasteiger partial charge is 0.482 e. The molecule has 0 spiro atoms. The molecular formula is C18H24BrNO4. The topological polar surface area (TPSA) is 64.6 Å². The van der Waals surface area contributed by atoms with Gasteiger partial charge in [-0.25, -0.2) is 4.79 Å². The van der Waals surface area contributed by atoms with Crippen molar-refractivity contribution >= 4 is 27.8 Å². The Balaban J connectivity index is 1.67. The first-order chi connectivity index (χ1) is 11.5. The van der Waals surface area contributed by atoms with E-state index in [0.717, 1.165) is 17.3 Å². The van der Waals surface area contributed by atoms with Crippen molar-refractivity contribution in [2.24, 2.45) is 11.8 Å². The Morgan fingerprint density at radius 1 is 1.17 bits per heavy atom. The van der Waals surface area contributed by atoms with Gasteiger partial charge in [-0.15, -0.1) is 0 Å². The molecule has 1 N–H and O–H groups in total. The molecule has 132 valence electrons. The van der Waals surface area contributed by atoms with Crippen LogP contribution in [-0.2, 0) is 14.3 Å². The molecule has 0 aliphatic heterocycles. The Hall–Kier alpha value is -1.56. The number of carbonyl (C=O) groups excluding carboxylic acids is 2. The van der Waals surface area contributed by atoms with Crippen LogP contribution in [0.2, 0.25) is 0 Å². The van der Waals surface area contributed by atoms with Crippen molar-refractivity contribution in [3.05, 3.63) is 28.7 Å². The molecule has 1 saturated carbocycles. The van der Waals surface area contributed by atoms with Gasteiger partial charge < -0.3 is 14.8 Å². The maximum atomic E-state index is 11.9. The average Bonchev–Trinajstić information content (AvgIpc) is 2.56. The van der Waals surface area contributed by atoms with Crippen LogP contribution in [0, 0.1) is 11.8 Å². The molecule has 1 fully saturated rings. The van der Waals surface area contributed by atoms with Gasteiger partial charge in [0.2, 0.25) is 0 Å². The summed E-state index contributed by atoms with van der Waals surface area (Å²) in [6.45, 7) is 3.89. The summed E-state index contributed by atoms with van der Waals surface area (Å²) in [5, 5.41) is 2.97. The van der Waals surface area contributed by atoms with Crippen molar-refractivity contribution in [2.75, 3.05) is 13.2 Å². The summed E-state index contributed by atoms with van der Waals surface area (Å²) >= 11 is 3.32. The van der Waals surface area contributed by atoms with Crippen LogP contribution in [0.3, 0.4) is 0 Å². The van der Waals surface area contributed by atoms with Crippen LogP contribution in [0.15, 0.2) is 28.7 Å². The highest BCUT2D eigenvalue weighted by atomic mass is 79.9. The fraction of sp³-hybridized carbons (Fsp3) is 0.556. The average molecular weight is 398 g/mol. The lowest BCUT2D eigenvalue weighted by molar-refractivity contribution is -0.150. The standard InChI is InChI=1S/C18H24BrNO4/c1-12-4-3-5-16(13(12)2)20-17(21)10-24-18(22)11-23-15-8-6-14(19)7-9-15/h6-9,12-13,16H,3-5,10-11H2,1-2H3,(H,20,21)/t12-,13-,16+/m0/s1. The van der Waals surface area contributed by atoms with Gasteiger partial charge >= 0.3 is 5.97 Å². The summed E-state index contributed by atoms with van der Waals surface area (Å²) in [6.07, 6.45) is 3.31. The molecule has 0 aromatic heterocycles. The SMILES string of the molecule is C[C@H]1[C@@H](C)CCC[C@H]1NC(=O)COC(=O)COc1ccc(Br)cc1. The zero-order valence-corrected chi connectivity index (χ0v) is 15.7. The molecule has 1 aliphatic rings. The van der Waals surface area contributed by atoms with E-state index in [1.807, 2.05) is 12.1 Å². The second kappa shape index (κ2) is 9.06. The molecule has 1 aromatic carbocycles. The highest BCUT2D eigenvalue weighted by Gasteiger charge is 2.28. The third-order valence-electron chi connectivity index (χ3n) is 4.59. The zero-order valence-electron chi connectivity index (χ0n) is 14.1. The van der Waals surface area contributed by atoms with E-state index in [2.05, 4.69) is 35.1 Å². The summed E-state index contributed by atoms with van der Waals surface area (Å²) in [7, 11) is 0. The molecule has 0 saturated heterocycles. The van der Waals surface area contributed by atoms with Crippen LogP contribution in [-0.4, -0.2) is 31.1 Å². The first kappa shape index (κ1) is 18.8. The monoisotopic (exact) mass is 397 g/mol. The van der Waals surface area contributed by atoms with Crippen molar-refractivity contribution in [1.29, 1.82) is 0 Å². The molecule has 24 heavy (non-hydrogen) atoms. The normalized spacial score (nSPS) is 23.4. The second-order valence-electron chi connectivity index (χ2n) is 6.34. The van der Waals surface area contributed by atoms with Gasteiger partial charge in [0, 0.05) is 10.5 Å². The molecule has 0 radical (unpaired) electrons. The maximum Gasteiger partial charge on any atom is 0.344 e. The van der Waals surface area contributed by atoms with Gasteiger partial charge in [-0.3, -0.25) is 4.79 Å². The summed E-state index contributed by atoms with van der Waals surface area (Å²) in [5.74, 6) is 0.811. The summed E-state index contributed by atoms with van der Waals surface area (Å²) in [5.41, 5.74) is 0. The third kappa shape index (κ3) is 5.82. The minimum atomic E-state index is -0.557. The summed E-state index contributed by atoms with van der Waals surface area (Å²) in [6, 6.07) is 7.30. The third-order valence-corrected chi connectivity index (χ3v) is 5.12. The Morgan fingerprint density at radius 2 is 1.88 bits per heavy atom. The fourth-order valence-corrected chi connectivity index (χ4v) is 3.16.